The van der Waals surface area contributed by atoms with Crippen molar-refractivity contribution in [1.29, 1.82) is 0 Å². The van der Waals surface area contributed by atoms with Gasteiger partial charge in [0.05, 0.1) is 0 Å². The fourth-order valence-electron chi connectivity index (χ4n) is 16.2. The maximum atomic E-state index is 5.43. The van der Waals surface area contributed by atoms with E-state index >= 15 is 0 Å². The number of anilines is 11. The van der Waals surface area contributed by atoms with E-state index in [0.29, 0.717) is 0 Å². The van der Waals surface area contributed by atoms with Gasteiger partial charge in [-0.25, -0.2) is 0 Å². The van der Waals surface area contributed by atoms with E-state index in [9.17, 15) is 0 Å². The molecule has 20 rings (SSSR count). The molecule has 0 radical (unpaired) electrons. The van der Waals surface area contributed by atoms with Gasteiger partial charge in [-0.1, -0.05) is 263 Å². The Labute approximate surface area is 773 Å². The van der Waals surface area contributed by atoms with Gasteiger partial charge >= 0.3 is 0 Å². The highest BCUT2D eigenvalue weighted by Crippen LogP contribution is 2.43. The Balaban J connectivity index is 0.000000154. The van der Waals surface area contributed by atoms with Crippen LogP contribution < -0.4 is 26.2 Å². The number of fused-ring (bicyclic) bond motifs is 9. The van der Waals surface area contributed by atoms with Crippen molar-refractivity contribution in [3.63, 3.8) is 0 Å². The lowest BCUT2D eigenvalue weighted by Gasteiger charge is -2.26. The summed E-state index contributed by atoms with van der Waals surface area (Å²) in [6, 6.07) is 141. The van der Waals surface area contributed by atoms with Crippen molar-refractivity contribution >= 4 is 182 Å². The van der Waals surface area contributed by atoms with Gasteiger partial charge in [-0.2, -0.15) is 0 Å². The quantitative estimate of drug-likeness (QED) is 0.0664. The molecule has 17 aromatic carbocycles. The first-order valence-electron chi connectivity index (χ1n) is 42.3. The zero-order valence-corrected chi connectivity index (χ0v) is 76.4. The number of nitrogen functional groups attached to an aromatic ring is 1. The average Bonchev–Trinajstić information content (AvgIpc) is 1.60. The second-order valence-electron chi connectivity index (χ2n) is 31.3. The van der Waals surface area contributed by atoms with E-state index in [4.69, 9.17) is 5.73 Å². The van der Waals surface area contributed by atoms with Crippen LogP contribution in [-0.4, -0.2) is 13.7 Å². The molecule has 20 aromatic rings. The zero-order chi connectivity index (χ0) is 85.7. The third kappa shape index (κ3) is 20.6. The molecule has 0 saturated heterocycles. The van der Waals surface area contributed by atoms with Crippen molar-refractivity contribution in [3.05, 3.63) is 435 Å². The molecular formula is C115H107Br2IN8. The molecule has 0 fully saturated rings. The topological polar surface area (TPSA) is 71.3 Å². The molecule has 628 valence electrons. The molecule has 3 aromatic heterocycles. The van der Waals surface area contributed by atoms with Crippen LogP contribution in [0.5, 0.6) is 0 Å². The predicted octanol–water partition coefficient (Wildman–Crippen LogP) is 34.8. The van der Waals surface area contributed by atoms with Gasteiger partial charge in [0, 0.05) is 160 Å². The molecule has 3 heterocycles. The van der Waals surface area contributed by atoms with Gasteiger partial charge in [0.1, 0.15) is 0 Å². The van der Waals surface area contributed by atoms with Crippen molar-refractivity contribution in [2.75, 3.05) is 26.2 Å². The second kappa shape index (κ2) is 41.1. The molecule has 0 aliphatic heterocycles. The van der Waals surface area contributed by atoms with Crippen molar-refractivity contribution in [3.8, 4) is 33.4 Å². The van der Waals surface area contributed by atoms with Gasteiger partial charge in [0.15, 0.2) is 0 Å². The Bertz CT molecular complexity index is 6640. The lowest BCUT2D eigenvalue weighted by atomic mass is 10.0. The van der Waals surface area contributed by atoms with E-state index in [0.717, 1.165) is 91.1 Å². The lowest BCUT2D eigenvalue weighted by Crippen LogP contribution is -2.10. The summed E-state index contributed by atoms with van der Waals surface area (Å²) < 4.78 is 10.7. The van der Waals surface area contributed by atoms with Crippen LogP contribution in [0.1, 0.15) is 63.4 Å². The number of rotatable bonds is 16. The molecule has 4 N–H and O–H groups in total. The van der Waals surface area contributed by atoms with E-state index in [1.54, 1.807) is 0 Å². The largest absolute Gasteiger partial charge is 0.399 e. The summed E-state index contributed by atoms with van der Waals surface area (Å²) in [6.07, 6.45) is 0. The SMILES string of the molecule is Brc1ccc(-c2ccc(Br)cc2)cc1.C.C.CCn1c2ccccc2c2cc(I)ccc21.CCn1c2ccccc2c2cc(N(c3ccc(C)cc3)c3ccc(-c4ccc(N(c5ccc(C)cc5)c5ccc6c(c5)c5ccccc5n6CC)cc4)cc3)ccc21.Cc1ccc(N)cc1.Cc1ccc(Nc2ccc(-c3ccc(Nc4ccc(C)cc4)cc3)cc2)cc1. The van der Waals surface area contributed by atoms with Gasteiger partial charge in [-0.15, -0.1) is 0 Å². The standard InChI is InChI=1S/C54H46N4.C26H24N2.C14H12IN.C12H8Br2.C7H9N.2CH4/c1-5-55-51-13-9-7-11-47(51)49-35-45(31-33-53(49)55)57(41-23-15-37(3)16-24-41)43-27-19-39(20-28-43)40-21-29-44(30-22-40)58(42-25-17-38(4)18-26-42)46-32-34-54-50(36-46)48-12-8-10-14-52(48)56(54)6-2;1-19-3-11-23(12-4-19)27-25-15-7-21(8-16-25)22-9-17-26(18-10-22)28-24-13-5-20(2)6-14-24;1-2-16-13-6-4-3-5-11(13)12-9-10(15)7-8-14(12)16;13-11-5-1-9(2-6-11)10-3-7-12(14)8-4-10;1-6-2-4-7(8)5-3-6;;/h7-36H,5-6H2,1-4H3;3-18,27-28H,1-2H3;3-9H,2H2,1H3;1-8H;2-5H,8H2,1H3;2*1H4. The number of hydrogen-bond donors (Lipinski definition) is 3. The van der Waals surface area contributed by atoms with E-state index in [1.165, 1.54) is 130 Å². The van der Waals surface area contributed by atoms with Crippen LogP contribution in [0.4, 0.5) is 62.6 Å². The summed E-state index contributed by atoms with van der Waals surface area (Å²) in [5.74, 6) is 0. The fraction of sp³-hybridized carbons (Fsp3) is 0.113. The number of nitrogens with zero attached hydrogens (tertiary/aromatic N) is 5. The molecule has 8 nitrogen and oxygen atoms in total. The summed E-state index contributed by atoms with van der Waals surface area (Å²) in [6.45, 7) is 20.0. The van der Waals surface area contributed by atoms with Crippen LogP contribution in [-0.2, 0) is 19.6 Å². The molecule has 0 aliphatic carbocycles. The van der Waals surface area contributed by atoms with Crippen LogP contribution in [0, 0.1) is 38.2 Å². The highest BCUT2D eigenvalue weighted by atomic mass is 127. The fourth-order valence-corrected chi connectivity index (χ4v) is 17.3. The predicted molar refractivity (Wildman–Crippen MR) is 563 cm³/mol. The Morgan fingerprint density at radius 2 is 0.476 bits per heavy atom. The first kappa shape index (κ1) is 89.1. The number of aryl methyl sites for hydroxylation is 8. The second-order valence-corrected chi connectivity index (χ2v) is 34.4. The first-order chi connectivity index (χ1) is 60.5. The zero-order valence-electron chi connectivity index (χ0n) is 71.1. The Hall–Kier alpha value is -13.2. The average molecular weight is 1890 g/mol. The third-order valence-corrected chi connectivity index (χ3v) is 24.5. The minimum absolute atomic E-state index is 0. The minimum atomic E-state index is 0. The molecule has 0 amide bonds. The van der Waals surface area contributed by atoms with Gasteiger partial charge in [0.25, 0.3) is 0 Å². The molecule has 0 aliphatic rings. The lowest BCUT2D eigenvalue weighted by molar-refractivity contribution is 0.827. The molecule has 0 bridgehead atoms. The molecular weight excluding hydrogens is 1780 g/mol. The molecule has 0 spiro atoms. The van der Waals surface area contributed by atoms with E-state index in [1.807, 2.05) is 31.2 Å². The first-order valence-corrected chi connectivity index (χ1v) is 45.0. The Kier molecular flexibility index (Phi) is 29.1. The Morgan fingerprint density at radius 3 is 0.770 bits per heavy atom. The summed E-state index contributed by atoms with van der Waals surface area (Å²) in [5, 5.41) is 14.7. The van der Waals surface area contributed by atoms with Crippen molar-refractivity contribution in [1.82, 2.24) is 13.7 Å². The van der Waals surface area contributed by atoms with Gasteiger partial charge in [-0.3, -0.25) is 0 Å². The number of nitrogens with one attached hydrogen (secondary N) is 2. The maximum absolute atomic E-state index is 5.43. The highest BCUT2D eigenvalue weighted by Gasteiger charge is 2.20. The van der Waals surface area contributed by atoms with E-state index in [2.05, 4.69) is 507 Å². The number of para-hydroxylation sites is 3. The van der Waals surface area contributed by atoms with Crippen molar-refractivity contribution < 1.29 is 0 Å². The number of aromatic nitrogens is 3. The normalized spacial score (nSPS) is 10.8. The van der Waals surface area contributed by atoms with Gasteiger partial charge in [-0.05, 0) is 318 Å². The monoisotopic (exact) mass is 1880 g/mol. The summed E-state index contributed by atoms with van der Waals surface area (Å²) in [5.41, 5.74) is 38.7. The van der Waals surface area contributed by atoms with Crippen molar-refractivity contribution in [2.45, 2.75) is 89.9 Å². The highest BCUT2D eigenvalue weighted by molar-refractivity contribution is 14.1. The number of hydrogen-bond acceptors (Lipinski definition) is 5. The van der Waals surface area contributed by atoms with Gasteiger partial charge in [0.2, 0.25) is 0 Å². The number of benzene rings is 17. The van der Waals surface area contributed by atoms with E-state index < -0.39 is 0 Å². The van der Waals surface area contributed by atoms with Crippen LogP contribution in [0.25, 0.3) is 98.8 Å². The maximum Gasteiger partial charge on any atom is 0.0492 e. The summed E-state index contributed by atoms with van der Waals surface area (Å²) in [4.78, 5) is 4.75. The third-order valence-electron chi connectivity index (χ3n) is 22.8. The van der Waals surface area contributed by atoms with Crippen LogP contribution in [0.2, 0.25) is 0 Å². The van der Waals surface area contributed by atoms with Crippen molar-refractivity contribution in [2.24, 2.45) is 0 Å². The molecule has 11 heteroatoms. The van der Waals surface area contributed by atoms with E-state index in [-0.39, 0.29) is 14.9 Å². The number of halogens is 3. The number of nitrogens with two attached hydrogens (primary N) is 1. The van der Waals surface area contributed by atoms with Crippen LogP contribution in [0.3, 0.4) is 0 Å². The molecule has 0 atom stereocenters. The minimum Gasteiger partial charge on any atom is -0.399 e. The molecule has 126 heavy (non-hydrogen) atoms. The molecule has 0 unspecified atom stereocenters. The summed E-state index contributed by atoms with van der Waals surface area (Å²) >= 11 is 9.22. The smallest absolute Gasteiger partial charge is 0.0492 e. The summed E-state index contributed by atoms with van der Waals surface area (Å²) in [7, 11) is 0. The Morgan fingerprint density at radius 1 is 0.254 bits per heavy atom. The van der Waals surface area contributed by atoms with Crippen LogP contribution >= 0.6 is 54.5 Å². The van der Waals surface area contributed by atoms with Crippen LogP contribution in [0.15, 0.2) is 403 Å². The van der Waals surface area contributed by atoms with Gasteiger partial charge < -0.3 is 39.9 Å². The molecule has 0 saturated carbocycles.